The molecule has 3 nitrogen and oxygen atoms in total. The number of halogens is 1. The van der Waals surface area contributed by atoms with E-state index in [-0.39, 0.29) is 18.4 Å². The van der Waals surface area contributed by atoms with Gasteiger partial charge in [-0.3, -0.25) is 4.79 Å². The van der Waals surface area contributed by atoms with Crippen LogP contribution < -0.4 is 5.32 Å². The Kier molecular flexibility index (Phi) is 5.79. The molecule has 0 aliphatic carbocycles. The Morgan fingerprint density at radius 1 is 1.29 bits per heavy atom. The van der Waals surface area contributed by atoms with Gasteiger partial charge in [-0.2, -0.15) is 0 Å². The molecule has 2 atom stereocenters. The molecule has 21 heavy (non-hydrogen) atoms. The van der Waals surface area contributed by atoms with E-state index >= 15 is 0 Å². The summed E-state index contributed by atoms with van der Waals surface area (Å²) in [4.78, 5) is 13.0. The fourth-order valence-electron chi connectivity index (χ4n) is 2.02. The number of hydrogen-bond acceptors (Lipinski definition) is 3. The van der Waals surface area contributed by atoms with Gasteiger partial charge in [0, 0.05) is 17.8 Å². The zero-order valence-corrected chi connectivity index (χ0v) is 13.3. The third-order valence-electron chi connectivity index (χ3n) is 3.24. The molecule has 0 spiro atoms. The van der Waals surface area contributed by atoms with Crippen molar-refractivity contribution >= 4 is 28.8 Å². The minimum atomic E-state index is -0.588. The predicted octanol–water partition coefficient (Wildman–Crippen LogP) is 3.22. The highest BCUT2D eigenvalue weighted by molar-refractivity contribution is 7.16. The molecule has 0 aliphatic rings. The lowest BCUT2D eigenvalue weighted by molar-refractivity contribution is -0.122. The summed E-state index contributed by atoms with van der Waals surface area (Å²) in [7, 11) is 0. The molecule has 0 saturated carbocycles. The van der Waals surface area contributed by atoms with Gasteiger partial charge in [0.25, 0.3) is 0 Å². The van der Waals surface area contributed by atoms with Gasteiger partial charge < -0.3 is 10.4 Å². The molecule has 0 aliphatic heterocycles. The van der Waals surface area contributed by atoms with Gasteiger partial charge in [0.15, 0.2) is 0 Å². The van der Waals surface area contributed by atoms with Crippen LogP contribution in [-0.2, 0) is 11.2 Å². The number of carbonyl (C=O) groups excluding carboxylic acids is 1. The molecule has 112 valence electrons. The molecule has 1 amide bonds. The Morgan fingerprint density at radius 2 is 2.00 bits per heavy atom. The van der Waals surface area contributed by atoms with E-state index in [1.165, 1.54) is 11.3 Å². The van der Waals surface area contributed by atoms with Crippen LogP contribution in [0.4, 0.5) is 0 Å². The molecular formula is C16H18ClNO2S. The number of aliphatic hydroxyl groups excluding tert-OH is 1. The topological polar surface area (TPSA) is 49.3 Å². The number of nitrogens with one attached hydrogen (secondary N) is 1. The number of rotatable bonds is 6. The summed E-state index contributed by atoms with van der Waals surface area (Å²) in [5, 5.41) is 12.8. The lowest BCUT2D eigenvalue weighted by Gasteiger charge is -2.14. The van der Waals surface area contributed by atoms with Crippen molar-refractivity contribution in [3.05, 3.63) is 57.2 Å². The normalized spacial score (nSPS) is 13.7. The molecule has 1 aromatic heterocycles. The van der Waals surface area contributed by atoms with Crippen molar-refractivity contribution in [2.24, 2.45) is 0 Å². The van der Waals surface area contributed by atoms with E-state index in [0.29, 0.717) is 10.8 Å². The smallest absolute Gasteiger partial charge is 0.228 e. The fourth-order valence-corrected chi connectivity index (χ4v) is 3.13. The monoisotopic (exact) mass is 323 g/mol. The average molecular weight is 324 g/mol. The van der Waals surface area contributed by atoms with Crippen molar-refractivity contribution in [1.29, 1.82) is 0 Å². The van der Waals surface area contributed by atoms with Crippen LogP contribution in [0.2, 0.25) is 4.34 Å². The van der Waals surface area contributed by atoms with Crippen LogP contribution in [0.3, 0.4) is 0 Å². The van der Waals surface area contributed by atoms with E-state index in [2.05, 4.69) is 5.32 Å². The van der Waals surface area contributed by atoms with Crippen molar-refractivity contribution in [2.45, 2.75) is 25.4 Å². The average Bonchev–Trinajstić information content (AvgIpc) is 2.91. The first kappa shape index (κ1) is 16.0. The largest absolute Gasteiger partial charge is 0.391 e. The Morgan fingerprint density at radius 3 is 2.62 bits per heavy atom. The predicted molar refractivity (Wildman–Crippen MR) is 86.9 cm³/mol. The highest BCUT2D eigenvalue weighted by Gasteiger charge is 2.18. The van der Waals surface area contributed by atoms with E-state index in [4.69, 9.17) is 11.6 Å². The summed E-state index contributed by atoms with van der Waals surface area (Å²) in [6.07, 6.45) is -0.0594. The molecular weight excluding hydrogens is 306 g/mol. The summed E-state index contributed by atoms with van der Waals surface area (Å²) in [6, 6.07) is 13.4. The van der Waals surface area contributed by atoms with Crippen molar-refractivity contribution in [3.63, 3.8) is 0 Å². The minimum absolute atomic E-state index is 0.0966. The van der Waals surface area contributed by atoms with Gasteiger partial charge in [0.05, 0.1) is 16.4 Å². The summed E-state index contributed by atoms with van der Waals surface area (Å²) >= 11 is 7.28. The molecule has 5 heteroatoms. The van der Waals surface area contributed by atoms with E-state index in [9.17, 15) is 9.90 Å². The summed E-state index contributed by atoms with van der Waals surface area (Å²) < 4.78 is 0.675. The fraction of sp³-hybridized carbons (Fsp3) is 0.312. The van der Waals surface area contributed by atoms with Gasteiger partial charge in [-0.1, -0.05) is 41.9 Å². The Balaban J connectivity index is 1.80. The maximum absolute atomic E-state index is 12.1. The molecule has 1 heterocycles. The summed E-state index contributed by atoms with van der Waals surface area (Å²) in [6.45, 7) is 2.08. The molecule has 2 rings (SSSR count). The molecule has 0 saturated heterocycles. The van der Waals surface area contributed by atoms with E-state index in [1.807, 2.05) is 43.3 Å². The number of aliphatic hydroxyl groups is 1. The second-order valence-electron chi connectivity index (χ2n) is 4.95. The standard InChI is InChI=1S/C16H18ClNO2S/c1-11(14-7-8-15(17)21-14)16(20)18-10-13(19)9-12-5-3-2-4-6-12/h2-8,11,13,19H,9-10H2,1H3,(H,18,20). The maximum atomic E-state index is 12.1. The van der Waals surface area contributed by atoms with Crippen molar-refractivity contribution < 1.29 is 9.90 Å². The molecule has 0 fully saturated rings. The minimum Gasteiger partial charge on any atom is -0.391 e. The zero-order valence-electron chi connectivity index (χ0n) is 11.8. The third-order valence-corrected chi connectivity index (χ3v) is 4.65. The lowest BCUT2D eigenvalue weighted by Crippen LogP contribution is -2.35. The highest BCUT2D eigenvalue weighted by Crippen LogP contribution is 2.28. The van der Waals surface area contributed by atoms with E-state index in [1.54, 1.807) is 6.07 Å². The van der Waals surface area contributed by atoms with Gasteiger partial charge in [-0.15, -0.1) is 11.3 Å². The van der Waals surface area contributed by atoms with Crippen LogP contribution >= 0.6 is 22.9 Å². The molecule has 2 N–H and O–H groups in total. The molecule has 2 aromatic rings. The van der Waals surface area contributed by atoms with Crippen LogP contribution in [0.5, 0.6) is 0 Å². The van der Waals surface area contributed by atoms with E-state index in [0.717, 1.165) is 10.4 Å². The van der Waals surface area contributed by atoms with E-state index < -0.39 is 6.10 Å². The summed E-state index contributed by atoms with van der Waals surface area (Å²) in [5.74, 6) is -0.355. The van der Waals surface area contributed by atoms with Crippen LogP contribution in [0.1, 0.15) is 23.3 Å². The molecule has 0 bridgehead atoms. The number of benzene rings is 1. The van der Waals surface area contributed by atoms with Gasteiger partial charge >= 0.3 is 0 Å². The third kappa shape index (κ3) is 4.84. The highest BCUT2D eigenvalue weighted by atomic mass is 35.5. The van der Waals surface area contributed by atoms with Gasteiger partial charge in [-0.05, 0) is 24.6 Å². The second kappa shape index (κ2) is 7.59. The maximum Gasteiger partial charge on any atom is 0.228 e. The van der Waals surface area contributed by atoms with Gasteiger partial charge in [-0.25, -0.2) is 0 Å². The molecule has 0 radical (unpaired) electrons. The second-order valence-corrected chi connectivity index (χ2v) is 6.70. The quantitative estimate of drug-likeness (QED) is 0.857. The lowest BCUT2D eigenvalue weighted by atomic mass is 10.1. The van der Waals surface area contributed by atoms with Crippen LogP contribution in [-0.4, -0.2) is 23.7 Å². The van der Waals surface area contributed by atoms with Gasteiger partial charge in [0.2, 0.25) is 5.91 Å². The number of thiophene rings is 1. The molecule has 2 unspecified atom stereocenters. The van der Waals surface area contributed by atoms with Crippen LogP contribution in [0.25, 0.3) is 0 Å². The Bertz CT molecular complexity index is 585. The zero-order chi connectivity index (χ0) is 15.2. The SMILES string of the molecule is CC(C(=O)NCC(O)Cc1ccccc1)c1ccc(Cl)s1. The van der Waals surface area contributed by atoms with Crippen molar-refractivity contribution in [2.75, 3.05) is 6.54 Å². The molecule has 1 aromatic carbocycles. The first-order chi connectivity index (χ1) is 10.1. The number of amides is 1. The van der Waals surface area contributed by atoms with Crippen LogP contribution in [0, 0.1) is 0 Å². The number of carbonyl (C=O) groups is 1. The first-order valence-corrected chi connectivity index (χ1v) is 8.00. The van der Waals surface area contributed by atoms with Crippen LogP contribution in [0.15, 0.2) is 42.5 Å². The Hall–Kier alpha value is -1.36. The Labute approximate surface area is 133 Å². The van der Waals surface area contributed by atoms with Crippen molar-refractivity contribution in [1.82, 2.24) is 5.32 Å². The van der Waals surface area contributed by atoms with Crippen molar-refractivity contribution in [3.8, 4) is 0 Å². The number of hydrogen-bond donors (Lipinski definition) is 2. The van der Waals surface area contributed by atoms with Gasteiger partial charge in [0.1, 0.15) is 0 Å². The first-order valence-electron chi connectivity index (χ1n) is 6.81. The summed E-state index contributed by atoms with van der Waals surface area (Å²) in [5.41, 5.74) is 1.05.